The van der Waals surface area contributed by atoms with E-state index in [0.29, 0.717) is 0 Å². The van der Waals surface area contributed by atoms with Gasteiger partial charge in [-0.1, -0.05) is 0 Å². The van der Waals surface area contributed by atoms with Crippen LogP contribution in [0.25, 0.3) is 0 Å². The Kier molecular flexibility index (Phi) is 2.29. The van der Waals surface area contributed by atoms with Crippen molar-refractivity contribution in [2.75, 3.05) is 5.73 Å². The zero-order valence-corrected chi connectivity index (χ0v) is 8.05. The minimum atomic E-state index is -3.55. The molecule has 0 aliphatic carbocycles. The van der Waals surface area contributed by atoms with Gasteiger partial charge < -0.3 is 5.73 Å². The van der Waals surface area contributed by atoms with E-state index in [1.807, 2.05) is 2.94 Å². The first-order valence-electron chi connectivity index (χ1n) is 2.36. The van der Waals surface area contributed by atoms with Crippen molar-refractivity contribution in [1.82, 2.24) is 18.1 Å². The third kappa shape index (κ3) is 1.78. The lowest BCUT2D eigenvalue weighted by Gasteiger charge is -1.91. The molecule has 7 nitrogen and oxygen atoms in total. The number of aromatic amines is 1. The molecule has 0 saturated carbocycles. The quantitative estimate of drug-likeness (QED) is 0.478. The van der Waals surface area contributed by atoms with Crippen molar-refractivity contribution in [3.8, 4) is 0 Å². The van der Waals surface area contributed by atoms with Gasteiger partial charge in [0.05, 0.1) is 0 Å². The molecule has 1 rings (SSSR count). The number of sulfonamides is 1. The normalized spacial score (nSPS) is 11.7. The Bertz CT molecular complexity index is 343. The van der Waals surface area contributed by atoms with Gasteiger partial charge >= 0.3 is 0 Å². The molecule has 0 fully saturated rings. The monoisotopic (exact) mass is 289 g/mol. The fraction of sp³-hybridized carbons (Fsp3) is 0. The van der Waals surface area contributed by atoms with Crippen LogP contribution in [0, 0.1) is 0 Å². The van der Waals surface area contributed by atoms with Crippen LogP contribution in [0.1, 0.15) is 0 Å². The van der Waals surface area contributed by atoms with E-state index in [-0.39, 0.29) is 11.1 Å². The predicted molar refractivity (Wildman–Crippen MR) is 45.1 cm³/mol. The topological polar surface area (TPSA) is 114 Å². The largest absolute Gasteiger partial charge is 0.366 e. The van der Waals surface area contributed by atoms with Gasteiger partial charge in [0.15, 0.2) is 0 Å². The molecule has 62 valence electrons. The van der Waals surface area contributed by atoms with Gasteiger partial charge in [-0.25, -0.2) is 13.5 Å². The third-order valence-corrected chi connectivity index (χ3v) is 3.47. The molecule has 1 heterocycles. The number of rotatable bonds is 2. The number of nitrogens with zero attached hydrogens (tertiary/aromatic N) is 2. The lowest BCUT2D eigenvalue weighted by Crippen LogP contribution is -2.14. The molecule has 0 unspecified atom stereocenters. The van der Waals surface area contributed by atoms with Crippen LogP contribution < -0.4 is 8.67 Å². The molecule has 4 N–H and O–H groups in total. The number of halogens is 1. The van der Waals surface area contributed by atoms with Crippen molar-refractivity contribution in [2.45, 2.75) is 5.16 Å². The number of nitrogens with one attached hydrogen (secondary N) is 2. The van der Waals surface area contributed by atoms with Gasteiger partial charge in [0.2, 0.25) is 5.95 Å². The molecule has 1 aromatic rings. The lowest BCUT2D eigenvalue weighted by atomic mass is 11.1. The molecule has 0 aliphatic rings. The van der Waals surface area contributed by atoms with Crippen LogP contribution in [0.15, 0.2) is 5.16 Å². The van der Waals surface area contributed by atoms with Gasteiger partial charge in [0, 0.05) is 22.9 Å². The summed E-state index contributed by atoms with van der Waals surface area (Å²) >= 11 is 1.48. The molecule has 9 heteroatoms. The van der Waals surface area contributed by atoms with Gasteiger partial charge in [-0.15, -0.1) is 8.03 Å². The van der Waals surface area contributed by atoms with E-state index in [4.69, 9.17) is 5.73 Å². The summed E-state index contributed by atoms with van der Waals surface area (Å²) in [5.41, 5.74) is 5.08. The minimum Gasteiger partial charge on any atom is -0.366 e. The van der Waals surface area contributed by atoms with Crippen LogP contribution in [0.5, 0.6) is 0 Å². The summed E-state index contributed by atoms with van der Waals surface area (Å²) in [7, 11) is -3.55. The van der Waals surface area contributed by atoms with E-state index in [1.54, 1.807) is 0 Å². The van der Waals surface area contributed by atoms with E-state index in [0.717, 1.165) is 0 Å². The Balaban J connectivity index is 3.13. The molecule has 0 aromatic carbocycles. The number of aromatic nitrogens is 3. The fourth-order valence-electron chi connectivity index (χ4n) is 0.416. The summed E-state index contributed by atoms with van der Waals surface area (Å²) in [6, 6.07) is 0. The van der Waals surface area contributed by atoms with Gasteiger partial charge in [0.25, 0.3) is 15.2 Å². The Morgan fingerprint density at radius 1 is 1.64 bits per heavy atom. The van der Waals surface area contributed by atoms with E-state index in [1.165, 1.54) is 22.9 Å². The van der Waals surface area contributed by atoms with Crippen LogP contribution in [-0.2, 0) is 10.0 Å². The summed E-state index contributed by atoms with van der Waals surface area (Å²) in [4.78, 5) is 3.41. The van der Waals surface area contributed by atoms with E-state index < -0.39 is 10.0 Å². The van der Waals surface area contributed by atoms with Crippen molar-refractivity contribution in [3.05, 3.63) is 0 Å². The van der Waals surface area contributed by atoms with Crippen molar-refractivity contribution >= 4 is 38.8 Å². The van der Waals surface area contributed by atoms with Gasteiger partial charge in [-0.3, -0.25) is 0 Å². The highest BCUT2D eigenvalue weighted by Gasteiger charge is 2.16. The van der Waals surface area contributed by atoms with Crippen molar-refractivity contribution in [1.29, 1.82) is 0 Å². The van der Waals surface area contributed by atoms with Gasteiger partial charge in [0.1, 0.15) is 0 Å². The fourth-order valence-corrected chi connectivity index (χ4v) is 1.49. The second kappa shape index (κ2) is 2.91. The van der Waals surface area contributed by atoms with E-state index in [2.05, 4.69) is 15.2 Å². The highest BCUT2D eigenvalue weighted by Crippen LogP contribution is 2.02. The Morgan fingerprint density at radius 3 is 2.64 bits per heavy atom. The maximum absolute atomic E-state index is 10.9. The van der Waals surface area contributed by atoms with Crippen LogP contribution in [0.3, 0.4) is 0 Å². The summed E-state index contributed by atoms with van der Waals surface area (Å²) in [5.74, 6) is -0.102. The number of H-pyrrole nitrogens is 1. The smallest absolute Gasteiger partial charge is 0.284 e. The first-order chi connectivity index (χ1) is 5.06. The first kappa shape index (κ1) is 8.67. The summed E-state index contributed by atoms with van der Waals surface area (Å²) in [6.45, 7) is 0. The van der Waals surface area contributed by atoms with Gasteiger partial charge in [-0.05, 0) is 0 Å². The van der Waals surface area contributed by atoms with Gasteiger partial charge in [-0.2, -0.15) is 4.98 Å². The number of nitrogen functional groups attached to an aromatic ring is 1. The Morgan fingerprint density at radius 2 is 2.27 bits per heavy atom. The SMILES string of the molecule is Nc1n[nH]c(S(=O)(=O)NI)n1. The number of hydrogen-bond acceptors (Lipinski definition) is 5. The second-order valence-electron chi connectivity index (χ2n) is 1.58. The molecule has 0 spiro atoms. The maximum atomic E-state index is 10.9. The molecular weight excluding hydrogens is 285 g/mol. The number of nitrogens with two attached hydrogens (primary N) is 1. The van der Waals surface area contributed by atoms with E-state index in [9.17, 15) is 8.42 Å². The number of hydrogen-bond donors (Lipinski definition) is 3. The molecule has 0 radical (unpaired) electrons. The number of anilines is 1. The predicted octanol–water partition coefficient (Wildman–Crippen LogP) is -0.985. The highest BCUT2D eigenvalue weighted by molar-refractivity contribution is 14.1. The molecule has 0 bridgehead atoms. The Hall–Kier alpha value is -0.420. The average molecular weight is 289 g/mol. The molecule has 0 saturated heterocycles. The lowest BCUT2D eigenvalue weighted by molar-refractivity contribution is 0.587. The van der Waals surface area contributed by atoms with Crippen LogP contribution in [0.2, 0.25) is 0 Å². The molecule has 0 amide bonds. The third-order valence-electron chi connectivity index (χ3n) is 0.838. The highest BCUT2D eigenvalue weighted by atomic mass is 127. The molecule has 11 heavy (non-hydrogen) atoms. The average Bonchev–Trinajstić information content (AvgIpc) is 2.36. The van der Waals surface area contributed by atoms with Crippen molar-refractivity contribution in [2.24, 2.45) is 0 Å². The summed E-state index contributed by atoms with van der Waals surface area (Å²) < 4.78 is 23.8. The zero-order valence-electron chi connectivity index (χ0n) is 5.07. The van der Waals surface area contributed by atoms with Crippen molar-refractivity contribution in [3.63, 3.8) is 0 Å². The molecule has 1 aromatic heterocycles. The van der Waals surface area contributed by atoms with Crippen LogP contribution in [-0.4, -0.2) is 23.6 Å². The zero-order chi connectivity index (χ0) is 8.48. The molecule has 0 aliphatic heterocycles. The minimum absolute atomic E-state index is 0.102. The molecule has 0 atom stereocenters. The second-order valence-corrected chi connectivity index (χ2v) is 4.45. The van der Waals surface area contributed by atoms with Crippen LogP contribution >= 0.6 is 22.9 Å². The maximum Gasteiger partial charge on any atom is 0.284 e. The first-order valence-corrected chi connectivity index (χ1v) is 4.93. The standard InChI is InChI=1S/C2H4IN5O2S/c3-8-11(9,10)2-5-1(4)6-7-2/h8H,(H3,4,5,6,7). The Labute approximate surface area is 76.3 Å². The van der Waals surface area contributed by atoms with Crippen LogP contribution in [0.4, 0.5) is 5.95 Å². The molecular formula is C2H4IN5O2S. The summed E-state index contributed by atoms with van der Waals surface area (Å²) in [5, 5.41) is 5.22. The van der Waals surface area contributed by atoms with Crippen molar-refractivity contribution < 1.29 is 8.42 Å². The summed E-state index contributed by atoms with van der Waals surface area (Å²) in [6.07, 6.45) is 0. The van der Waals surface area contributed by atoms with E-state index >= 15 is 0 Å².